The highest BCUT2D eigenvalue weighted by atomic mass is 17.2. The number of ether oxygens (including phenoxy) is 4. The second-order valence-electron chi connectivity index (χ2n) is 21.3. The Labute approximate surface area is 491 Å². The van der Waals surface area contributed by atoms with Crippen LogP contribution in [0.1, 0.15) is 178 Å². The van der Waals surface area contributed by atoms with Crippen molar-refractivity contribution in [3.05, 3.63) is 102 Å². The molecule has 1 fully saturated rings. The number of hydrogen-bond acceptors (Lipinski definition) is 19. The number of esters is 3. The summed E-state index contributed by atoms with van der Waals surface area (Å²) >= 11 is 0. The molecular formula is C64H88N10O9. The number of nitrogens with one attached hydrogen (secondary N) is 2. The van der Waals surface area contributed by atoms with Crippen molar-refractivity contribution in [3.8, 4) is 5.75 Å². The van der Waals surface area contributed by atoms with Crippen molar-refractivity contribution in [1.29, 1.82) is 0 Å². The van der Waals surface area contributed by atoms with Crippen LogP contribution < -0.4 is 20.3 Å². The SMILES string of the molecule is CCCCC(CC)COC(=O)c1cc(N=Nc2ccc(Nc3nc(Nc4ccc(N=Nc5cc(COOC(CC)CCCC)cc(OC(=O)C(C)CCCC)c5)cc4)nc(N4CCOCC4)n3)cc2)cc(C(=O)OCC(CC)CCCC)c1. The minimum atomic E-state index is -0.528. The molecule has 83 heavy (non-hydrogen) atoms. The Morgan fingerprint density at radius 3 is 1.58 bits per heavy atom. The Balaban J connectivity index is 1.16. The zero-order valence-corrected chi connectivity index (χ0v) is 50.2. The van der Waals surface area contributed by atoms with E-state index in [9.17, 15) is 14.4 Å². The van der Waals surface area contributed by atoms with Gasteiger partial charge in [-0.05, 0) is 128 Å². The number of nitrogens with zero attached hydrogens (tertiary/aromatic N) is 8. The standard InChI is InChI=1S/C64H88N10O9/c1-9-16-20-45(8)59(75)82-58-37-48(44-81-83-57(15-7)23-19-12-4)36-55(41-58)72-70-53-28-24-51(25-29-53)65-62-67-63(69-64(68-62)74-32-34-78-35-33-74)66-52-26-30-54(31-27-52)71-73-56-39-49(60(76)79-42-46(13-5)21-17-10-2)38-50(40-56)61(77)80-43-47(14-6)22-18-11-3/h24-31,36-41,45-47,57H,9-23,32-35,42-44H2,1-8H3,(H2,65,66,67,68,69). The molecule has 4 atom stereocenters. The van der Waals surface area contributed by atoms with Crippen LogP contribution in [0, 0.1) is 17.8 Å². The highest BCUT2D eigenvalue weighted by Crippen LogP contribution is 2.30. The Morgan fingerprint density at radius 1 is 0.578 bits per heavy atom. The Bertz CT molecular complexity index is 2780. The summed E-state index contributed by atoms with van der Waals surface area (Å²) in [5.74, 6) is 0.351. The van der Waals surface area contributed by atoms with Crippen molar-refractivity contribution in [2.75, 3.05) is 55.1 Å². The molecule has 0 amide bonds. The maximum Gasteiger partial charge on any atom is 0.338 e. The van der Waals surface area contributed by atoms with E-state index in [4.69, 9.17) is 43.7 Å². The molecule has 6 rings (SSSR count). The van der Waals surface area contributed by atoms with Crippen molar-refractivity contribution in [1.82, 2.24) is 15.0 Å². The van der Waals surface area contributed by atoms with Gasteiger partial charge in [-0.15, -0.1) is 0 Å². The number of carbonyl (C=O) groups is 3. The van der Waals surface area contributed by atoms with E-state index in [0.717, 1.165) is 102 Å². The summed E-state index contributed by atoms with van der Waals surface area (Å²) in [6.07, 6.45) is 14.5. The van der Waals surface area contributed by atoms with Gasteiger partial charge >= 0.3 is 17.9 Å². The number of carbonyl (C=O) groups excluding carboxylic acids is 3. The first-order chi connectivity index (χ1) is 40.4. The lowest BCUT2D eigenvalue weighted by molar-refractivity contribution is -0.334. The lowest BCUT2D eigenvalue weighted by Crippen LogP contribution is -2.37. The fourth-order valence-corrected chi connectivity index (χ4v) is 8.99. The van der Waals surface area contributed by atoms with Crippen molar-refractivity contribution < 1.29 is 43.1 Å². The van der Waals surface area contributed by atoms with Gasteiger partial charge in [0.1, 0.15) is 12.4 Å². The molecule has 448 valence electrons. The van der Waals surface area contributed by atoms with Crippen LogP contribution in [0.2, 0.25) is 0 Å². The van der Waals surface area contributed by atoms with Gasteiger partial charge in [0.05, 0.1) is 72.3 Å². The van der Waals surface area contributed by atoms with Gasteiger partial charge in [0.2, 0.25) is 17.8 Å². The smallest absolute Gasteiger partial charge is 0.338 e. The number of unbranched alkanes of at least 4 members (excludes halogenated alkanes) is 4. The van der Waals surface area contributed by atoms with E-state index in [1.54, 1.807) is 36.4 Å². The molecule has 1 aromatic heterocycles. The van der Waals surface area contributed by atoms with Crippen LogP contribution in [-0.2, 0) is 35.4 Å². The van der Waals surface area contributed by atoms with E-state index in [1.807, 2.05) is 54.3 Å². The van der Waals surface area contributed by atoms with E-state index in [2.05, 4.69) is 79.6 Å². The maximum atomic E-state index is 13.5. The first kappa shape index (κ1) is 64.9. The molecule has 0 radical (unpaired) electrons. The summed E-state index contributed by atoms with van der Waals surface area (Å²) in [7, 11) is 0. The number of morpholine rings is 1. The average molecular weight is 1140 g/mol. The number of anilines is 5. The average Bonchev–Trinajstić information content (AvgIpc) is 3.69. The summed E-state index contributed by atoms with van der Waals surface area (Å²) in [6, 6.07) is 24.5. The van der Waals surface area contributed by atoms with Crippen LogP contribution in [0.25, 0.3) is 0 Å². The van der Waals surface area contributed by atoms with Crippen molar-refractivity contribution in [2.45, 2.75) is 164 Å². The molecule has 0 spiro atoms. The van der Waals surface area contributed by atoms with Gasteiger partial charge in [-0.2, -0.15) is 35.4 Å². The summed E-state index contributed by atoms with van der Waals surface area (Å²) in [5, 5.41) is 24.6. The lowest BCUT2D eigenvalue weighted by Gasteiger charge is -2.27. The van der Waals surface area contributed by atoms with Crippen molar-refractivity contribution in [2.24, 2.45) is 38.2 Å². The third kappa shape index (κ3) is 22.5. The van der Waals surface area contributed by atoms with Crippen LogP contribution in [0.3, 0.4) is 0 Å². The molecule has 19 nitrogen and oxygen atoms in total. The molecule has 4 aromatic carbocycles. The number of aromatic nitrogens is 3. The largest absolute Gasteiger partial charge is 0.462 e. The summed E-state index contributed by atoms with van der Waals surface area (Å²) in [5.41, 5.74) is 4.42. The second-order valence-corrected chi connectivity index (χ2v) is 21.3. The van der Waals surface area contributed by atoms with Gasteiger partial charge in [0.15, 0.2) is 0 Å². The van der Waals surface area contributed by atoms with Crippen LogP contribution in [0.15, 0.2) is 105 Å². The number of benzene rings is 4. The first-order valence-corrected chi connectivity index (χ1v) is 30.2. The topological polar surface area (TPSA) is 222 Å². The molecular weight excluding hydrogens is 1050 g/mol. The Hall–Kier alpha value is -7.22. The van der Waals surface area contributed by atoms with E-state index < -0.39 is 11.9 Å². The van der Waals surface area contributed by atoms with Crippen LogP contribution in [0.5, 0.6) is 5.75 Å². The van der Waals surface area contributed by atoms with Crippen LogP contribution in [0.4, 0.5) is 52.0 Å². The molecule has 0 aliphatic carbocycles. The zero-order chi connectivity index (χ0) is 59.2. The van der Waals surface area contributed by atoms with Gasteiger partial charge in [-0.25, -0.2) is 19.4 Å². The summed E-state index contributed by atoms with van der Waals surface area (Å²) in [6.45, 7) is 19.7. The van der Waals surface area contributed by atoms with E-state index in [1.165, 1.54) is 6.07 Å². The van der Waals surface area contributed by atoms with Gasteiger partial charge in [0, 0.05) is 30.5 Å². The Kier molecular flexibility index (Phi) is 27.9. The highest BCUT2D eigenvalue weighted by Gasteiger charge is 2.21. The van der Waals surface area contributed by atoms with Crippen molar-refractivity contribution in [3.63, 3.8) is 0 Å². The van der Waals surface area contributed by atoms with E-state index in [0.29, 0.717) is 97.2 Å². The zero-order valence-electron chi connectivity index (χ0n) is 50.2. The summed E-state index contributed by atoms with van der Waals surface area (Å²) < 4.78 is 23.0. The van der Waals surface area contributed by atoms with E-state index in [-0.39, 0.29) is 47.6 Å². The fourth-order valence-electron chi connectivity index (χ4n) is 8.99. The fraction of sp³-hybridized carbons (Fsp3) is 0.531. The Morgan fingerprint density at radius 2 is 1.07 bits per heavy atom. The van der Waals surface area contributed by atoms with Gasteiger partial charge in [0.25, 0.3) is 0 Å². The van der Waals surface area contributed by atoms with Crippen molar-refractivity contribution >= 4 is 69.9 Å². The molecule has 1 aliphatic heterocycles. The van der Waals surface area contributed by atoms with E-state index >= 15 is 0 Å². The summed E-state index contributed by atoms with van der Waals surface area (Å²) in [4.78, 5) is 67.8. The third-order valence-electron chi connectivity index (χ3n) is 14.4. The predicted octanol–water partition coefficient (Wildman–Crippen LogP) is 16.9. The van der Waals surface area contributed by atoms with Gasteiger partial charge in [-0.1, -0.05) is 120 Å². The van der Waals surface area contributed by atoms with Crippen LogP contribution in [-0.4, -0.2) is 78.5 Å². The van der Waals surface area contributed by atoms with Gasteiger partial charge in [-0.3, -0.25) is 4.79 Å². The molecule has 2 heterocycles. The molecule has 2 N–H and O–H groups in total. The molecule has 1 saturated heterocycles. The quantitative estimate of drug-likeness (QED) is 0.0125. The van der Waals surface area contributed by atoms with Crippen LogP contribution >= 0.6 is 0 Å². The molecule has 0 bridgehead atoms. The van der Waals surface area contributed by atoms with Gasteiger partial charge < -0.3 is 34.5 Å². The molecule has 1 aliphatic rings. The second kappa shape index (κ2) is 35.7. The normalized spacial score (nSPS) is 14.1. The minimum Gasteiger partial charge on any atom is -0.462 e. The number of azo groups is 2. The molecule has 0 saturated carbocycles. The maximum absolute atomic E-state index is 13.5. The third-order valence-corrected chi connectivity index (χ3v) is 14.4. The highest BCUT2D eigenvalue weighted by molar-refractivity contribution is 5.96. The number of hydrogen-bond donors (Lipinski definition) is 2. The molecule has 19 heteroatoms. The number of rotatable bonds is 36. The minimum absolute atomic E-state index is 0.00809. The monoisotopic (exact) mass is 1140 g/mol. The molecule has 4 unspecified atom stereocenters. The first-order valence-electron chi connectivity index (χ1n) is 30.2. The molecule has 5 aromatic rings. The lowest BCUT2D eigenvalue weighted by atomic mass is 10.0. The predicted molar refractivity (Wildman–Crippen MR) is 325 cm³/mol.